The molecule has 2 aromatic heterocycles. The molecule has 0 aliphatic rings. The third kappa shape index (κ3) is 6.73. The molecule has 0 bridgehead atoms. The van der Waals surface area contributed by atoms with Crippen molar-refractivity contribution in [1.82, 2.24) is 30.6 Å². The number of amides is 2. The highest BCUT2D eigenvalue weighted by atomic mass is 127. The second-order valence-electron chi connectivity index (χ2n) is 6.02. The predicted octanol–water partition coefficient (Wildman–Crippen LogP) is 0.752. The van der Waals surface area contributed by atoms with Crippen LogP contribution >= 0.6 is 22.6 Å². The molecule has 162 valence electrons. The molecule has 0 fully saturated rings. The van der Waals surface area contributed by atoms with Crippen LogP contribution < -0.4 is 15.4 Å². The molecule has 0 radical (unpaired) electrons. The number of halogens is 1. The fourth-order valence-corrected chi connectivity index (χ4v) is 2.74. The zero-order chi connectivity index (χ0) is 22.2. The number of nitrogens with zero attached hydrogens (tertiary/aromatic N) is 5. The van der Waals surface area contributed by atoms with Gasteiger partial charge in [-0.25, -0.2) is 0 Å². The van der Waals surface area contributed by atoms with Crippen molar-refractivity contribution in [1.29, 1.82) is 0 Å². The van der Waals surface area contributed by atoms with Crippen LogP contribution in [0.3, 0.4) is 0 Å². The van der Waals surface area contributed by atoms with Crippen LogP contribution in [-0.4, -0.2) is 56.4 Å². The Kier molecular flexibility index (Phi) is 7.47. The van der Waals surface area contributed by atoms with E-state index >= 15 is 0 Å². The Morgan fingerprint density at radius 1 is 1.23 bits per heavy atom. The van der Waals surface area contributed by atoms with Gasteiger partial charge in [0.2, 0.25) is 0 Å². The number of carbonyl (C=O) groups excluding carboxylic acids is 2. The first-order chi connectivity index (χ1) is 14.9. The molecular formula is C17H16IN7O6. The van der Waals surface area contributed by atoms with Crippen LogP contribution in [0.1, 0.15) is 16.5 Å². The Morgan fingerprint density at radius 3 is 2.65 bits per heavy atom. The van der Waals surface area contributed by atoms with Crippen LogP contribution in [-0.2, 0) is 11.3 Å². The summed E-state index contributed by atoms with van der Waals surface area (Å²) in [5.41, 5.74) is -0.0722. The number of hydrogen-bond donors (Lipinski definition) is 2. The lowest BCUT2D eigenvalue weighted by Gasteiger charge is -2.07. The molecule has 1 aromatic carbocycles. The molecule has 0 saturated carbocycles. The number of carbonyl (C=O) groups is 2. The Bertz CT molecular complexity index is 1070. The van der Waals surface area contributed by atoms with Gasteiger partial charge >= 0.3 is 11.8 Å². The predicted molar refractivity (Wildman–Crippen MR) is 112 cm³/mol. The highest BCUT2D eigenvalue weighted by Crippen LogP contribution is 2.17. The summed E-state index contributed by atoms with van der Waals surface area (Å²) in [5.74, 6) is -0.538. The lowest BCUT2D eigenvalue weighted by atomic mass is 10.3. The van der Waals surface area contributed by atoms with Crippen LogP contribution in [0.25, 0.3) is 0 Å². The van der Waals surface area contributed by atoms with Crippen LogP contribution in [0.15, 0.2) is 41.2 Å². The van der Waals surface area contributed by atoms with Gasteiger partial charge in [0.15, 0.2) is 12.4 Å². The average Bonchev–Trinajstić information content (AvgIpc) is 3.39. The lowest BCUT2D eigenvalue weighted by Crippen LogP contribution is -2.36. The second kappa shape index (κ2) is 10.5. The summed E-state index contributed by atoms with van der Waals surface area (Å²) in [7, 11) is 0. The van der Waals surface area contributed by atoms with E-state index in [4.69, 9.17) is 9.26 Å². The van der Waals surface area contributed by atoms with E-state index in [2.05, 4.69) is 48.5 Å². The Labute approximate surface area is 188 Å². The topological polar surface area (TPSA) is 167 Å². The van der Waals surface area contributed by atoms with Crippen LogP contribution in [0, 0.1) is 13.7 Å². The number of benzene rings is 1. The molecule has 0 aliphatic heterocycles. The largest absolute Gasteiger partial charge is 0.484 e. The average molecular weight is 541 g/mol. The zero-order valence-electron chi connectivity index (χ0n) is 15.9. The van der Waals surface area contributed by atoms with Crippen molar-refractivity contribution in [3.63, 3.8) is 0 Å². The zero-order valence-corrected chi connectivity index (χ0v) is 18.0. The van der Waals surface area contributed by atoms with Crippen molar-refractivity contribution in [3.05, 3.63) is 62.1 Å². The maximum absolute atomic E-state index is 12.0. The number of aromatic nitrogens is 4. The molecule has 0 spiro atoms. The van der Waals surface area contributed by atoms with Crippen molar-refractivity contribution in [3.8, 4) is 5.75 Å². The van der Waals surface area contributed by atoms with Crippen molar-refractivity contribution in [2.45, 2.75) is 6.54 Å². The molecule has 3 rings (SSSR count). The van der Waals surface area contributed by atoms with Crippen molar-refractivity contribution in [2.24, 2.45) is 0 Å². The van der Waals surface area contributed by atoms with Gasteiger partial charge in [0, 0.05) is 31.4 Å². The number of ether oxygens (including phenoxy) is 1. The van der Waals surface area contributed by atoms with E-state index in [9.17, 15) is 19.7 Å². The highest BCUT2D eigenvalue weighted by Gasteiger charge is 2.15. The molecule has 0 atom stereocenters. The molecule has 0 aliphatic carbocycles. The maximum atomic E-state index is 12.0. The summed E-state index contributed by atoms with van der Waals surface area (Å²) in [4.78, 5) is 37.9. The third-order valence-corrected chi connectivity index (χ3v) is 4.27. The van der Waals surface area contributed by atoms with Gasteiger partial charge in [-0.15, -0.1) is 0 Å². The van der Waals surface area contributed by atoms with Crippen LogP contribution in [0.4, 0.5) is 5.69 Å². The molecule has 13 nitrogen and oxygen atoms in total. The van der Waals surface area contributed by atoms with E-state index in [0.29, 0.717) is 11.6 Å². The van der Waals surface area contributed by atoms with Gasteiger partial charge in [0.05, 0.1) is 14.7 Å². The number of nitrogens with one attached hydrogen (secondary N) is 2. The van der Waals surface area contributed by atoms with Gasteiger partial charge < -0.3 is 19.9 Å². The normalized spacial score (nSPS) is 10.5. The maximum Gasteiger partial charge on any atom is 0.316 e. The summed E-state index contributed by atoms with van der Waals surface area (Å²) in [6.07, 6.45) is 3.48. The summed E-state index contributed by atoms with van der Waals surface area (Å²) >= 11 is 2.12. The van der Waals surface area contributed by atoms with E-state index in [-0.39, 0.29) is 37.8 Å². The fraction of sp³-hybridized carbons (Fsp3) is 0.235. The van der Waals surface area contributed by atoms with Crippen LogP contribution in [0.5, 0.6) is 5.75 Å². The van der Waals surface area contributed by atoms with E-state index in [1.54, 1.807) is 17.1 Å². The van der Waals surface area contributed by atoms with E-state index in [0.717, 1.165) is 3.57 Å². The molecular weight excluding hydrogens is 525 g/mol. The molecule has 14 heteroatoms. The Morgan fingerprint density at radius 2 is 1.97 bits per heavy atom. The van der Waals surface area contributed by atoms with Gasteiger partial charge in [-0.05, 0) is 34.7 Å². The third-order valence-electron chi connectivity index (χ3n) is 3.72. The molecule has 3 aromatic rings. The smallest absolute Gasteiger partial charge is 0.316 e. The number of non-ortho nitro benzene ring substituents is 1. The fourth-order valence-electron chi connectivity index (χ4n) is 2.30. The van der Waals surface area contributed by atoms with Crippen molar-refractivity contribution < 1.29 is 23.8 Å². The second-order valence-corrected chi connectivity index (χ2v) is 7.26. The SMILES string of the molecule is O=C(COc1ccc([N+](=O)[O-])cc1)NCCNC(=O)c1nc(Cn2cc(I)cn2)no1. The minimum Gasteiger partial charge on any atom is -0.484 e. The van der Waals surface area contributed by atoms with Gasteiger partial charge in [-0.1, -0.05) is 5.16 Å². The van der Waals surface area contributed by atoms with Gasteiger partial charge in [0.25, 0.3) is 11.6 Å². The molecule has 31 heavy (non-hydrogen) atoms. The van der Waals surface area contributed by atoms with Crippen LogP contribution in [0.2, 0.25) is 0 Å². The van der Waals surface area contributed by atoms with E-state index < -0.39 is 16.7 Å². The Hall–Kier alpha value is -3.56. The summed E-state index contributed by atoms with van der Waals surface area (Å²) < 4.78 is 12.7. The minimum absolute atomic E-state index is 0.0722. The Balaban J connectivity index is 1.34. The highest BCUT2D eigenvalue weighted by molar-refractivity contribution is 14.1. The first kappa shape index (κ1) is 22.1. The summed E-state index contributed by atoms with van der Waals surface area (Å²) in [6.45, 7) is 0.286. The molecule has 2 heterocycles. The number of hydrogen-bond acceptors (Lipinski definition) is 9. The van der Waals surface area contributed by atoms with Crippen molar-refractivity contribution >= 4 is 40.1 Å². The van der Waals surface area contributed by atoms with Crippen molar-refractivity contribution in [2.75, 3.05) is 19.7 Å². The molecule has 2 N–H and O–H groups in total. The molecule has 0 unspecified atom stereocenters. The quantitative estimate of drug-likeness (QED) is 0.163. The number of nitro groups is 1. The molecule has 2 amide bonds. The summed E-state index contributed by atoms with van der Waals surface area (Å²) in [5, 5.41) is 23.5. The number of nitro benzene ring substituents is 1. The summed E-state index contributed by atoms with van der Waals surface area (Å²) in [6, 6.07) is 5.36. The number of rotatable bonds is 10. The van der Waals surface area contributed by atoms with Gasteiger partial charge in [-0.2, -0.15) is 10.1 Å². The first-order valence-electron chi connectivity index (χ1n) is 8.83. The monoisotopic (exact) mass is 541 g/mol. The first-order valence-corrected chi connectivity index (χ1v) is 9.91. The molecule has 0 saturated heterocycles. The van der Waals surface area contributed by atoms with Gasteiger partial charge in [0.1, 0.15) is 12.3 Å². The van der Waals surface area contributed by atoms with Gasteiger partial charge in [-0.3, -0.25) is 24.4 Å². The van der Waals surface area contributed by atoms with E-state index in [1.165, 1.54) is 24.3 Å². The van der Waals surface area contributed by atoms with E-state index in [1.807, 2.05) is 0 Å². The lowest BCUT2D eigenvalue weighted by molar-refractivity contribution is -0.384. The minimum atomic E-state index is -0.565. The standard InChI is InChI=1S/C17H16IN7O6/c18-11-7-21-24(8-11)9-14-22-17(31-23-14)16(27)20-6-5-19-15(26)10-30-13-3-1-12(2-4-13)25(28)29/h1-4,7-8H,5-6,9-10H2,(H,19,26)(H,20,27).